The number of nitrogens with two attached hydrogens (primary N) is 1. The molecule has 0 aromatic rings. The summed E-state index contributed by atoms with van der Waals surface area (Å²) in [6.07, 6.45) is 0.771. The van der Waals surface area contributed by atoms with Gasteiger partial charge in [-0.05, 0) is 43.9 Å². The van der Waals surface area contributed by atoms with Gasteiger partial charge in [0, 0.05) is 18.6 Å². The molecule has 5 heteroatoms. The SMILES string of the molecule is CC1CCC(N)C(CN(CC(F)(F)F)C2CC2)C1. The first-order valence-corrected chi connectivity index (χ1v) is 6.91. The van der Waals surface area contributed by atoms with E-state index in [2.05, 4.69) is 6.92 Å². The van der Waals surface area contributed by atoms with Crippen LogP contribution < -0.4 is 5.73 Å². The van der Waals surface area contributed by atoms with E-state index in [1.165, 1.54) is 0 Å². The standard InChI is InChI=1S/C13H23F3N2/c1-9-2-5-12(17)10(6-9)7-18(11-3-4-11)8-13(14,15)16/h9-12H,2-8,17H2,1H3. The average molecular weight is 264 g/mol. The zero-order valence-corrected chi connectivity index (χ0v) is 10.9. The Morgan fingerprint density at radius 1 is 1.17 bits per heavy atom. The Labute approximate surface area is 107 Å². The number of rotatable bonds is 4. The number of alkyl halides is 3. The van der Waals surface area contributed by atoms with E-state index in [0.717, 1.165) is 32.1 Å². The molecule has 0 aromatic heterocycles. The van der Waals surface area contributed by atoms with Gasteiger partial charge in [0.25, 0.3) is 0 Å². The molecule has 18 heavy (non-hydrogen) atoms. The van der Waals surface area contributed by atoms with E-state index < -0.39 is 12.7 Å². The molecule has 0 radical (unpaired) electrons. The highest BCUT2D eigenvalue weighted by atomic mass is 19.4. The predicted octanol–water partition coefficient (Wildman–Crippen LogP) is 2.78. The largest absolute Gasteiger partial charge is 0.401 e. The lowest BCUT2D eigenvalue weighted by Gasteiger charge is -2.36. The molecule has 3 atom stereocenters. The van der Waals surface area contributed by atoms with Gasteiger partial charge < -0.3 is 5.73 Å². The van der Waals surface area contributed by atoms with Crippen molar-refractivity contribution in [3.63, 3.8) is 0 Å². The Kier molecular flexibility index (Phi) is 4.22. The molecule has 0 bridgehead atoms. The van der Waals surface area contributed by atoms with Gasteiger partial charge in [0.15, 0.2) is 0 Å². The van der Waals surface area contributed by atoms with E-state index in [0.29, 0.717) is 12.5 Å². The molecule has 2 fully saturated rings. The first-order chi connectivity index (χ1) is 8.35. The molecular weight excluding hydrogens is 241 g/mol. The molecule has 2 rings (SSSR count). The van der Waals surface area contributed by atoms with Crippen molar-refractivity contribution in [2.75, 3.05) is 13.1 Å². The van der Waals surface area contributed by atoms with Crippen LogP contribution in [-0.4, -0.2) is 36.2 Å². The van der Waals surface area contributed by atoms with Crippen LogP contribution in [0.4, 0.5) is 13.2 Å². The maximum absolute atomic E-state index is 12.5. The van der Waals surface area contributed by atoms with E-state index in [4.69, 9.17) is 5.73 Å². The van der Waals surface area contributed by atoms with Gasteiger partial charge in [-0.3, -0.25) is 4.90 Å². The van der Waals surface area contributed by atoms with Gasteiger partial charge in [0.2, 0.25) is 0 Å². The summed E-state index contributed by atoms with van der Waals surface area (Å²) >= 11 is 0. The van der Waals surface area contributed by atoms with Gasteiger partial charge in [0.05, 0.1) is 6.54 Å². The Bertz CT molecular complexity index is 276. The zero-order valence-electron chi connectivity index (χ0n) is 10.9. The lowest BCUT2D eigenvalue weighted by Crippen LogP contribution is -2.46. The average Bonchev–Trinajstić information content (AvgIpc) is 3.04. The molecule has 2 nitrogen and oxygen atoms in total. The van der Waals surface area contributed by atoms with Crippen LogP contribution in [0, 0.1) is 11.8 Å². The minimum atomic E-state index is -4.09. The van der Waals surface area contributed by atoms with Gasteiger partial charge in [0.1, 0.15) is 0 Å². The molecule has 0 aliphatic heterocycles. The molecule has 2 aliphatic rings. The van der Waals surface area contributed by atoms with Gasteiger partial charge in [-0.2, -0.15) is 13.2 Å². The van der Waals surface area contributed by atoms with Gasteiger partial charge in [-0.1, -0.05) is 6.92 Å². The number of hydrogen-bond donors (Lipinski definition) is 1. The highest BCUT2D eigenvalue weighted by molar-refractivity contribution is 4.90. The highest BCUT2D eigenvalue weighted by Crippen LogP contribution is 2.34. The van der Waals surface area contributed by atoms with Crippen LogP contribution in [0.25, 0.3) is 0 Å². The topological polar surface area (TPSA) is 29.3 Å². The first kappa shape index (κ1) is 14.1. The summed E-state index contributed by atoms with van der Waals surface area (Å²) in [5, 5.41) is 0. The first-order valence-electron chi connectivity index (χ1n) is 6.91. The third kappa shape index (κ3) is 4.12. The van der Waals surface area contributed by atoms with Gasteiger partial charge in [-0.25, -0.2) is 0 Å². The second kappa shape index (κ2) is 5.37. The minimum absolute atomic E-state index is 0.0793. The third-order valence-corrected chi connectivity index (χ3v) is 4.22. The summed E-state index contributed by atoms with van der Waals surface area (Å²) in [5.74, 6) is 0.832. The van der Waals surface area contributed by atoms with E-state index in [1.807, 2.05) is 0 Å². The van der Waals surface area contributed by atoms with Crippen molar-refractivity contribution in [2.24, 2.45) is 17.6 Å². The van der Waals surface area contributed by atoms with Gasteiger partial charge in [-0.15, -0.1) is 0 Å². The van der Waals surface area contributed by atoms with Crippen molar-refractivity contribution in [1.82, 2.24) is 4.90 Å². The minimum Gasteiger partial charge on any atom is -0.327 e. The van der Waals surface area contributed by atoms with E-state index in [-0.39, 0.29) is 18.0 Å². The summed E-state index contributed by atoms with van der Waals surface area (Å²) in [6.45, 7) is 1.93. The van der Waals surface area contributed by atoms with Crippen molar-refractivity contribution < 1.29 is 13.2 Å². The van der Waals surface area contributed by atoms with E-state index in [1.54, 1.807) is 4.90 Å². The number of hydrogen-bond acceptors (Lipinski definition) is 2. The lowest BCUT2D eigenvalue weighted by molar-refractivity contribution is -0.149. The van der Waals surface area contributed by atoms with Crippen molar-refractivity contribution in [3.8, 4) is 0 Å². The van der Waals surface area contributed by atoms with Gasteiger partial charge >= 0.3 is 6.18 Å². The Hall–Kier alpha value is -0.290. The lowest BCUT2D eigenvalue weighted by atomic mass is 9.79. The van der Waals surface area contributed by atoms with Crippen LogP contribution >= 0.6 is 0 Å². The molecule has 0 amide bonds. The smallest absolute Gasteiger partial charge is 0.327 e. The van der Waals surface area contributed by atoms with E-state index >= 15 is 0 Å². The predicted molar refractivity (Wildman–Crippen MR) is 65.1 cm³/mol. The normalized spacial score (nSPS) is 34.0. The summed E-state index contributed by atoms with van der Waals surface area (Å²) in [7, 11) is 0. The molecule has 0 spiro atoms. The monoisotopic (exact) mass is 264 g/mol. The van der Waals surface area contributed by atoms with Crippen LogP contribution in [-0.2, 0) is 0 Å². The van der Waals surface area contributed by atoms with Crippen molar-refractivity contribution in [3.05, 3.63) is 0 Å². The van der Waals surface area contributed by atoms with Crippen LogP contribution in [0.3, 0.4) is 0 Å². The molecule has 0 saturated heterocycles. The van der Waals surface area contributed by atoms with E-state index in [9.17, 15) is 13.2 Å². The molecule has 2 aliphatic carbocycles. The zero-order chi connectivity index (χ0) is 13.3. The summed E-state index contributed by atoms with van der Waals surface area (Å²) < 4.78 is 37.6. The molecular formula is C13H23F3N2. The summed E-state index contributed by atoms with van der Waals surface area (Å²) in [5.41, 5.74) is 6.07. The fourth-order valence-corrected chi connectivity index (χ4v) is 3.05. The fraction of sp³-hybridized carbons (Fsp3) is 1.00. The van der Waals surface area contributed by atoms with Crippen molar-refractivity contribution in [2.45, 2.75) is 57.3 Å². The Morgan fingerprint density at radius 3 is 2.39 bits per heavy atom. The van der Waals surface area contributed by atoms with Crippen LogP contribution in [0.15, 0.2) is 0 Å². The second-order valence-corrected chi connectivity index (χ2v) is 6.12. The Morgan fingerprint density at radius 2 is 1.83 bits per heavy atom. The van der Waals surface area contributed by atoms with Crippen LogP contribution in [0.5, 0.6) is 0 Å². The molecule has 0 aromatic carbocycles. The molecule has 2 N–H and O–H groups in total. The van der Waals surface area contributed by atoms with Crippen LogP contribution in [0.2, 0.25) is 0 Å². The Balaban J connectivity index is 1.91. The van der Waals surface area contributed by atoms with Crippen molar-refractivity contribution >= 4 is 0 Å². The van der Waals surface area contributed by atoms with Crippen molar-refractivity contribution in [1.29, 1.82) is 0 Å². The van der Waals surface area contributed by atoms with Crippen LogP contribution in [0.1, 0.15) is 39.0 Å². The molecule has 0 heterocycles. The second-order valence-electron chi connectivity index (χ2n) is 6.12. The highest BCUT2D eigenvalue weighted by Gasteiger charge is 2.40. The number of halogens is 3. The quantitative estimate of drug-likeness (QED) is 0.846. The third-order valence-electron chi connectivity index (χ3n) is 4.22. The summed E-state index contributed by atoms with van der Waals surface area (Å²) in [6, 6.07) is 0.228. The summed E-state index contributed by atoms with van der Waals surface area (Å²) in [4.78, 5) is 1.61. The molecule has 3 unspecified atom stereocenters. The number of nitrogens with zero attached hydrogens (tertiary/aromatic N) is 1. The molecule has 106 valence electrons. The maximum Gasteiger partial charge on any atom is 0.401 e. The maximum atomic E-state index is 12.5. The molecule has 2 saturated carbocycles. The fourth-order valence-electron chi connectivity index (χ4n) is 3.05.